The summed E-state index contributed by atoms with van der Waals surface area (Å²) in [5.74, 6) is -0.779. The van der Waals surface area contributed by atoms with Crippen LogP contribution < -0.4 is 5.32 Å². The Labute approximate surface area is 174 Å². The van der Waals surface area contributed by atoms with E-state index in [1.54, 1.807) is 24.3 Å². The molecule has 0 unspecified atom stereocenters. The second-order valence-corrected chi connectivity index (χ2v) is 7.00. The molecule has 29 heavy (non-hydrogen) atoms. The molecule has 3 rings (SSSR count). The highest BCUT2D eigenvalue weighted by atomic mass is 35.5. The van der Waals surface area contributed by atoms with Gasteiger partial charge in [0.05, 0.1) is 0 Å². The minimum atomic E-state index is -0.484. The molecule has 0 heterocycles. The smallest absolute Gasteiger partial charge is 0.266 e. The molecule has 0 saturated heterocycles. The van der Waals surface area contributed by atoms with Gasteiger partial charge in [-0.05, 0) is 65.9 Å². The minimum absolute atomic E-state index is 0.0257. The Morgan fingerprint density at radius 2 is 1.93 bits per heavy atom. The van der Waals surface area contributed by atoms with Crippen molar-refractivity contribution >= 4 is 29.3 Å². The van der Waals surface area contributed by atoms with Gasteiger partial charge in [0, 0.05) is 10.7 Å². The zero-order valence-electron chi connectivity index (χ0n) is 15.7. The van der Waals surface area contributed by atoms with E-state index in [9.17, 15) is 14.4 Å². The molecule has 144 valence electrons. The summed E-state index contributed by atoms with van der Waals surface area (Å²) in [5.41, 5.74) is 3.81. The maximum Gasteiger partial charge on any atom is 0.266 e. The van der Waals surface area contributed by atoms with Crippen molar-refractivity contribution in [3.8, 4) is 6.07 Å². The summed E-state index contributed by atoms with van der Waals surface area (Å²) in [5, 5.41) is 12.6. The van der Waals surface area contributed by atoms with Crippen LogP contribution in [0.3, 0.4) is 0 Å². The van der Waals surface area contributed by atoms with Gasteiger partial charge in [0.1, 0.15) is 17.5 Å². The minimum Gasteiger partial charge on any atom is -0.321 e. The zero-order valence-corrected chi connectivity index (χ0v) is 16.5. The summed E-state index contributed by atoms with van der Waals surface area (Å²) in [4.78, 5) is 12.5. The molecule has 0 fully saturated rings. The average molecular weight is 405 g/mol. The van der Waals surface area contributed by atoms with Gasteiger partial charge in [-0.25, -0.2) is 4.39 Å². The fourth-order valence-electron chi connectivity index (χ4n) is 2.88. The van der Waals surface area contributed by atoms with Crippen LogP contribution in [0.1, 0.15) is 22.3 Å². The molecule has 0 saturated carbocycles. The summed E-state index contributed by atoms with van der Waals surface area (Å²) in [6.07, 6.45) is 1.98. The lowest BCUT2D eigenvalue weighted by Gasteiger charge is -2.08. The van der Waals surface area contributed by atoms with Crippen molar-refractivity contribution in [1.29, 1.82) is 5.26 Å². The highest BCUT2D eigenvalue weighted by molar-refractivity contribution is 6.31. The molecule has 0 atom stereocenters. The normalized spacial score (nSPS) is 11.0. The lowest BCUT2D eigenvalue weighted by molar-refractivity contribution is -0.112. The first-order valence-electron chi connectivity index (χ1n) is 8.98. The second kappa shape index (κ2) is 9.18. The van der Waals surface area contributed by atoms with Crippen molar-refractivity contribution < 1.29 is 9.18 Å². The molecular weight excluding hydrogens is 387 g/mol. The summed E-state index contributed by atoms with van der Waals surface area (Å²) >= 11 is 6.37. The van der Waals surface area contributed by atoms with Crippen LogP contribution in [-0.4, -0.2) is 5.91 Å². The first-order chi connectivity index (χ1) is 14.0. The largest absolute Gasteiger partial charge is 0.321 e. The van der Waals surface area contributed by atoms with E-state index in [4.69, 9.17) is 11.6 Å². The van der Waals surface area contributed by atoms with Gasteiger partial charge in [-0.3, -0.25) is 4.79 Å². The number of nitriles is 1. The Kier molecular flexibility index (Phi) is 6.43. The number of amides is 1. The summed E-state index contributed by atoms with van der Waals surface area (Å²) < 4.78 is 13.4. The van der Waals surface area contributed by atoms with Crippen LogP contribution in [0.25, 0.3) is 6.08 Å². The predicted octanol–water partition coefficient (Wildman–Crippen LogP) is 5.92. The number of halogens is 2. The molecule has 3 nitrogen and oxygen atoms in total. The Balaban J connectivity index is 1.79. The molecular formula is C24H18ClFN2O. The van der Waals surface area contributed by atoms with Crippen LogP contribution in [0.15, 0.2) is 72.3 Å². The molecule has 3 aromatic rings. The van der Waals surface area contributed by atoms with Gasteiger partial charge in [-0.15, -0.1) is 0 Å². The summed E-state index contributed by atoms with van der Waals surface area (Å²) in [7, 11) is 0. The quantitative estimate of drug-likeness (QED) is 0.423. The number of aryl methyl sites for hydroxylation is 1. The number of anilines is 1. The molecule has 5 heteroatoms. The third-order valence-corrected chi connectivity index (χ3v) is 4.78. The summed E-state index contributed by atoms with van der Waals surface area (Å²) in [6.45, 7) is 1.88. The summed E-state index contributed by atoms with van der Waals surface area (Å²) in [6, 6.07) is 20.9. The molecule has 0 bridgehead atoms. The van der Waals surface area contributed by atoms with E-state index in [0.717, 1.165) is 16.7 Å². The molecule has 0 aliphatic heterocycles. The predicted molar refractivity (Wildman–Crippen MR) is 114 cm³/mol. The van der Waals surface area contributed by atoms with Crippen LogP contribution in [0.4, 0.5) is 10.1 Å². The van der Waals surface area contributed by atoms with Crippen LogP contribution in [-0.2, 0) is 11.2 Å². The van der Waals surface area contributed by atoms with E-state index >= 15 is 0 Å². The second-order valence-electron chi connectivity index (χ2n) is 6.60. The first-order valence-corrected chi connectivity index (χ1v) is 9.35. The van der Waals surface area contributed by atoms with Crippen molar-refractivity contribution in [2.24, 2.45) is 0 Å². The van der Waals surface area contributed by atoms with Gasteiger partial charge in [0.15, 0.2) is 0 Å². The molecule has 0 aliphatic rings. The maximum atomic E-state index is 13.4. The number of carbonyl (C=O) groups is 1. The van der Waals surface area contributed by atoms with Crippen molar-refractivity contribution in [3.63, 3.8) is 0 Å². The van der Waals surface area contributed by atoms with E-state index in [1.807, 2.05) is 43.3 Å². The molecule has 0 radical (unpaired) electrons. The Bertz CT molecular complexity index is 1130. The SMILES string of the molecule is Cc1ccccc1NC(=O)/C(C#N)=C/c1ccc(Cc2cccc(F)c2)c(Cl)c1. The van der Waals surface area contributed by atoms with E-state index in [0.29, 0.717) is 22.7 Å². The van der Waals surface area contributed by atoms with Crippen molar-refractivity contribution in [2.45, 2.75) is 13.3 Å². The Morgan fingerprint density at radius 3 is 2.62 bits per heavy atom. The Morgan fingerprint density at radius 1 is 1.14 bits per heavy atom. The van der Waals surface area contributed by atoms with Crippen molar-refractivity contribution in [2.75, 3.05) is 5.32 Å². The van der Waals surface area contributed by atoms with Crippen LogP contribution in [0.5, 0.6) is 0 Å². The molecule has 1 N–H and O–H groups in total. The Hall–Kier alpha value is -3.42. The van der Waals surface area contributed by atoms with Crippen molar-refractivity contribution in [3.05, 3.63) is 105 Å². The maximum absolute atomic E-state index is 13.4. The number of para-hydroxylation sites is 1. The highest BCUT2D eigenvalue weighted by Crippen LogP contribution is 2.23. The number of carbonyl (C=O) groups excluding carboxylic acids is 1. The number of rotatable bonds is 5. The third-order valence-electron chi connectivity index (χ3n) is 4.43. The topological polar surface area (TPSA) is 52.9 Å². The molecule has 1 amide bonds. The highest BCUT2D eigenvalue weighted by Gasteiger charge is 2.11. The third kappa shape index (κ3) is 5.31. The lowest BCUT2D eigenvalue weighted by Crippen LogP contribution is -2.14. The van der Waals surface area contributed by atoms with Crippen molar-refractivity contribution in [1.82, 2.24) is 0 Å². The van der Waals surface area contributed by atoms with E-state index < -0.39 is 5.91 Å². The van der Waals surface area contributed by atoms with E-state index in [-0.39, 0.29) is 11.4 Å². The number of nitrogens with zero attached hydrogens (tertiary/aromatic N) is 1. The number of nitrogens with one attached hydrogen (secondary N) is 1. The molecule has 0 aromatic heterocycles. The fraction of sp³-hybridized carbons (Fsp3) is 0.0833. The fourth-order valence-corrected chi connectivity index (χ4v) is 3.14. The van der Waals surface area contributed by atoms with Gasteiger partial charge in [0.25, 0.3) is 5.91 Å². The van der Waals surface area contributed by atoms with E-state index in [1.165, 1.54) is 18.2 Å². The monoisotopic (exact) mass is 404 g/mol. The van der Waals surface area contributed by atoms with Crippen LogP contribution >= 0.6 is 11.6 Å². The van der Waals surface area contributed by atoms with Gasteiger partial charge < -0.3 is 5.32 Å². The molecule has 0 spiro atoms. The van der Waals surface area contributed by atoms with E-state index in [2.05, 4.69) is 5.32 Å². The zero-order chi connectivity index (χ0) is 20.8. The van der Waals surface area contributed by atoms with Gasteiger partial charge >= 0.3 is 0 Å². The van der Waals surface area contributed by atoms with Crippen LogP contribution in [0.2, 0.25) is 5.02 Å². The van der Waals surface area contributed by atoms with Gasteiger partial charge in [-0.2, -0.15) is 5.26 Å². The number of hydrogen-bond acceptors (Lipinski definition) is 2. The molecule has 3 aromatic carbocycles. The molecule has 0 aliphatic carbocycles. The average Bonchev–Trinajstić information content (AvgIpc) is 2.70. The standard InChI is InChI=1S/C24H18ClFN2O/c1-16-5-2-3-8-23(16)28-24(29)20(15-27)12-18-9-10-19(22(25)14-18)11-17-6-4-7-21(26)13-17/h2-10,12-14H,11H2,1H3,(H,28,29)/b20-12+. The van der Waals surface area contributed by atoms with Crippen LogP contribution in [0, 0.1) is 24.1 Å². The number of hydrogen-bond donors (Lipinski definition) is 1. The number of benzene rings is 3. The first kappa shape index (κ1) is 20.3. The van der Waals surface area contributed by atoms with Gasteiger partial charge in [-0.1, -0.05) is 54.1 Å². The van der Waals surface area contributed by atoms with Gasteiger partial charge in [0.2, 0.25) is 0 Å². The lowest BCUT2D eigenvalue weighted by atomic mass is 10.0.